The number of carbonyl (C=O) groups excluding carboxylic acids is 2. The molecule has 0 rings (SSSR count). The predicted molar refractivity (Wildman–Crippen MR) is 33.3 cm³/mol. The molecular weight excluding hydrogens is 227 g/mol. The zero-order valence-electron chi connectivity index (χ0n) is 6.55. The van der Waals surface area contributed by atoms with Crippen molar-refractivity contribution in [2.24, 2.45) is 0 Å². The average Bonchev–Trinajstić information content (AvgIpc) is 1.85. The Morgan fingerprint density at radius 3 is 2.18 bits per heavy atom. The first kappa shape index (κ1) is 13.4. The minimum absolute atomic E-state index is 0. The molecule has 0 aliphatic heterocycles. The van der Waals surface area contributed by atoms with E-state index in [1.807, 2.05) is 0 Å². The molecule has 0 saturated heterocycles. The van der Waals surface area contributed by atoms with Crippen molar-refractivity contribution >= 4 is 11.9 Å². The van der Waals surface area contributed by atoms with Gasteiger partial charge in [0, 0.05) is 33.1 Å². The Hall–Kier alpha value is -0.177. The summed E-state index contributed by atoms with van der Waals surface area (Å²) in [5, 5.41) is 0. The van der Waals surface area contributed by atoms with Gasteiger partial charge in [0.2, 0.25) is 0 Å². The van der Waals surface area contributed by atoms with Crippen LogP contribution in [0.1, 0.15) is 13.8 Å². The standard InChI is InChI=1S/C6H10O4.Zr/c1-3-9-6(8)4-10-5(2)7;/h3-4H2,1-2H3;. The van der Waals surface area contributed by atoms with Gasteiger partial charge in [-0.2, -0.15) is 0 Å². The van der Waals surface area contributed by atoms with E-state index in [2.05, 4.69) is 9.47 Å². The molecule has 0 atom stereocenters. The molecule has 0 amide bonds. The number of hydrogen-bond acceptors (Lipinski definition) is 4. The second-order valence-electron chi connectivity index (χ2n) is 1.59. The summed E-state index contributed by atoms with van der Waals surface area (Å²) < 4.78 is 8.82. The number of hydrogen-bond donors (Lipinski definition) is 0. The summed E-state index contributed by atoms with van der Waals surface area (Å²) in [6.45, 7) is 2.94. The summed E-state index contributed by atoms with van der Waals surface area (Å²) >= 11 is 0. The molecule has 0 aromatic carbocycles. The van der Waals surface area contributed by atoms with Gasteiger partial charge in [0.1, 0.15) is 0 Å². The van der Waals surface area contributed by atoms with Crippen LogP contribution in [-0.4, -0.2) is 25.2 Å². The van der Waals surface area contributed by atoms with Crippen LogP contribution < -0.4 is 0 Å². The van der Waals surface area contributed by atoms with Crippen molar-refractivity contribution in [1.82, 2.24) is 0 Å². The van der Waals surface area contributed by atoms with E-state index in [4.69, 9.17) is 0 Å². The third-order valence-corrected chi connectivity index (χ3v) is 0.699. The van der Waals surface area contributed by atoms with Crippen molar-refractivity contribution in [2.45, 2.75) is 13.8 Å². The van der Waals surface area contributed by atoms with Crippen LogP contribution in [0.2, 0.25) is 0 Å². The average molecular weight is 237 g/mol. The summed E-state index contributed by atoms with van der Waals surface area (Å²) in [7, 11) is 0. The normalized spacial score (nSPS) is 7.82. The van der Waals surface area contributed by atoms with Gasteiger partial charge in [-0.1, -0.05) is 0 Å². The zero-order chi connectivity index (χ0) is 7.98. The van der Waals surface area contributed by atoms with E-state index in [0.29, 0.717) is 6.61 Å². The van der Waals surface area contributed by atoms with Crippen LogP contribution in [0.4, 0.5) is 0 Å². The Bertz CT molecular complexity index is 135. The Labute approximate surface area is 84.4 Å². The molecule has 0 unspecified atom stereocenters. The monoisotopic (exact) mass is 236 g/mol. The van der Waals surface area contributed by atoms with Gasteiger partial charge in [0.15, 0.2) is 6.61 Å². The predicted octanol–water partition coefficient (Wildman–Crippen LogP) is 0.110. The van der Waals surface area contributed by atoms with Crippen molar-refractivity contribution < 1.29 is 45.3 Å². The Morgan fingerprint density at radius 2 is 1.82 bits per heavy atom. The SMILES string of the molecule is CCOC(=O)COC(C)=O.[Zr]. The van der Waals surface area contributed by atoms with Crippen molar-refractivity contribution in [3.05, 3.63) is 0 Å². The topological polar surface area (TPSA) is 52.6 Å². The van der Waals surface area contributed by atoms with Gasteiger partial charge < -0.3 is 9.47 Å². The summed E-state index contributed by atoms with van der Waals surface area (Å²) in [6.07, 6.45) is 0. The van der Waals surface area contributed by atoms with E-state index in [9.17, 15) is 9.59 Å². The second kappa shape index (κ2) is 7.92. The molecule has 0 heterocycles. The van der Waals surface area contributed by atoms with Crippen LogP contribution in [0.5, 0.6) is 0 Å². The van der Waals surface area contributed by atoms with Crippen LogP contribution >= 0.6 is 0 Å². The van der Waals surface area contributed by atoms with Gasteiger partial charge >= 0.3 is 11.9 Å². The first-order valence-corrected chi connectivity index (χ1v) is 2.95. The van der Waals surface area contributed by atoms with E-state index in [1.165, 1.54) is 6.92 Å². The van der Waals surface area contributed by atoms with Gasteiger partial charge in [0.05, 0.1) is 6.61 Å². The van der Waals surface area contributed by atoms with Crippen LogP contribution in [0.3, 0.4) is 0 Å². The van der Waals surface area contributed by atoms with Gasteiger partial charge in [-0.25, -0.2) is 4.79 Å². The summed E-state index contributed by atoms with van der Waals surface area (Å²) in [6, 6.07) is 0. The van der Waals surface area contributed by atoms with Crippen LogP contribution in [0.25, 0.3) is 0 Å². The summed E-state index contributed by atoms with van der Waals surface area (Å²) in [5.41, 5.74) is 0. The van der Waals surface area contributed by atoms with E-state index >= 15 is 0 Å². The summed E-state index contributed by atoms with van der Waals surface area (Å²) in [5.74, 6) is -0.995. The molecule has 0 fully saturated rings. The van der Waals surface area contributed by atoms with Crippen molar-refractivity contribution in [1.29, 1.82) is 0 Å². The second-order valence-corrected chi connectivity index (χ2v) is 1.59. The Balaban J connectivity index is 0. The van der Waals surface area contributed by atoms with Crippen molar-refractivity contribution in [2.75, 3.05) is 13.2 Å². The molecule has 0 aliphatic rings. The molecule has 5 heteroatoms. The molecule has 0 spiro atoms. The quantitative estimate of drug-likeness (QED) is 0.654. The maximum atomic E-state index is 10.4. The van der Waals surface area contributed by atoms with E-state index in [0.717, 1.165) is 0 Å². The molecule has 0 aliphatic carbocycles. The fourth-order valence-corrected chi connectivity index (χ4v) is 0.363. The molecule has 4 nitrogen and oxygen atoms in total. The fraction of sp³-hybridized carbons (Fsp3) is 0.667. The minimum Gasteiger partial charge on any atom is -0.463 e. The molecule has 0 saturated carbocycles. The molecule has 62 valence electrons. The smallest absolute Gasteiger partial charge is 0.344 e. The largest absolute Gasteiger partial charge is 0.463 e. The van der Waals surface area contributed by atoms with Crippen molar-refractivity contribution in [3.8, 4) is 0 Å². The zero-order valence-corrected chi connectivity index (χ0v) is 9.01. The van der Waals surface area contributed by atoms with E-state index in [1.54, 1.807) is 6.92 Å². The van der Waals surface area contributed by atoms with Crippen molar-refractivity contribution in [3.63, 3.8) is 0 Å². The van der Waals surface area contributed by atoms with Gasteiger partial charge in [-0.15, -0.1) is 0 Å². The summed E-state index contributed by atoms with van der Waals surface area (Å²) in [4.78, 5) is 20.6. The van der Waals surface area contributed by atoms with Gasteiger partial charge in [0.25, 0.3) is 0 Å². The van der Waals surface area contributed by atoms with Gasteiger partial charge in [-0.3, -0.25) is 4.79 Å². The maximum Gasteiger partial charge on any atom is 0.344 e. The molecule has 0 N–H and O–H groups in total. The first-order chi connectivity index (χ1) is 4.66. The number of ether oxygens (including phenoxy) is 2. The van der Waals surface area contributed by atoms with E-state index in [-0.39, 0.29) is 32.8 Å². The van der Waals surface area contributed by atoms with Crippen LogP contribution in [0, 0.1) is 0 Å². The van der Waals surface area contributed by atoms with Gasteiger partial charge in [-0.05, 0) is 6.92 Å². The molecule has 0 radical (unpaired) electrons. The number of rotatable bonds is 3. The Kier molecular flexibility index (Phi) is 9.67. The molecule has 0 aromatic rings. The molecular formula is C6H10O4Zr. The van der Waals surface area contributed by atoms with E-state index < -0.39 is 11.9 Å². The number of esters is 2. The minimum atomic E-state index is -0.516. The van der Waals surface area contributed by atoms with Crippen LogP contribution in [0.15, 0.2) is 0 Å². The molecule has 0 aromatic heterocycles. The molecule has 0 bridgehead atoms. The van der Waals surface area contributed by atoms with Crippen LogP contribution in [-0.2, 0) is 45.3 Å². The number of carbonyl (C=O) groups is 2. The maximum absolute atomic E-state index is 10.4. The Morgan fingerprint density at radius 1 is 1.27 bits per heavy atom. The third kappa shape index (κ3) is 9.82. The molecule has 11 heavy (non-hydrogen) atoms. The fourth-order valence-electron chi connectivity index (χ4n) is 0.363. The first-order valence-electron chi connectivity index (χ1n) is 2.95. The third-order valence-electron chi connectivity index (χ3n) is 0.699.